The van der Waals surface area contributed by atoms with E-state index in [0.29, 0.717) is 35.0 Å². The summed E-state index contributed by atoms with van der Waals surface area (Å²) in [5.74, 6) is 0.837. The van der Waals surface area contributed by atoms with Crippen LogP contribution >= 0.6 is 0 Å². The Labute approximate surface area is 273 Å². The molecule has 2 aliphatic heterocycles. The Morgan fingerprint density at radius 1 is 1.09 bits per heavy atom. The topological polar surface area (TPSA) is 108 Å². The van der Waals surface area contributed by atoms with Crippen molar-refractivity contribution in [1.29, 1.82) is 0 Å². The summed E-state index contributed by atoms with van der Waals surface area (Å²) < 4.78 is 18.6. The van der Waals surface area contributed by atoms with Crippen molar-refractivity contribution in [2.45, 2.75) is 57.0 Å². The smallest absolute Gasteiger partial charge is 0.278 e. The average molecular weight is 640 g/mol. The van der Waals surface area contributed by atoms with E-state index in [1.807, 2.05) is 43.3 Å². The van der Waals surface area contributed by atoms with E-state index in [0.717, 1.165) is 75.3 Å². The Morgan fingerprint density at radius 3 is 2.55 bits per heavy atom. The number of pyridine rings is 1. The van der Waals surface area contributed by atoms with Crippen LogP contribution in [0.2, 0.25) is 0 Å². The highest BCUT2D eigenvalue weighted by Gasteiger charge is 2.62. The summed E-state index contributed by atoms with van der Waals surface area (Å²) in [5, 5.41) is 15.1. The molecule has 1 saturated carbocycles. The van der Waals surface area contributed by atoms with Crippen LogP contribution in [0.4, 0.5) is 21.7 Å². The predicted octanol–water partition coefficient (Wildman–Crippen LogP) is 3.61. The van der Waals surface area contributed by atoms with Gasteiger partial charge in [-0.1, -0.05) is 12.1 Å². The predicted molar refractivity (Wildman–Crippen MR) is 180 cm³/mol. The molecule has 2 saturated heterocycles. The molecule has 3 unspecified atom stereocenters. The number of aromatic nitrogens is 5. The second-order valence-electron chi connectivity index (χ2n) is 14.0. The Hall–Kier alpha value is -4.13. The van der Waals surface area contributed by atoms with Gasteiger partial charge in [0.25, 0.3) is 5.56 Å². The molecule has 8 rings (SSSR count). The molecule has 11 nitrogen and oxygen atoms in total. The van der Waals surface area contributed by atoms with E-state index in [9.17, 15) is 9.90 Å². The standard InChI is InChI=1S/C35H42FN9O2/c1-4-14-44-32(46)26-21-37-33(40-31(26)45(44)29-10-5-23-20-35(12-13-35)34(2,47)30(23)39-29)38-24-6-8-25(9-7-24)43-15-11-28(27(36)22-43)42-18-16-41(3)17-19-42/h4-10,21,27-28,47H,1,11-20,22H2,2-3H3,(H,37,38,40). The summed E-state index contributed by atoms with van der Waals surface area (Å²) in [6, 6.07) is 11.8. The van der Waals surface area contributed by atoms with Crippen molar-refractivity contribution in [3.63, 3.8) is 0 Å². The van der Waals surface area contributed by atoms with Gasteiger partial charge in [0.05, 0.1) is 18.8 Å². The molecule has 12 heteroatoms. The van der Waals surface area contributed by atoms with Gasteiger partial charge in [0.1, 0.15) is 17.2 Å². The molecule has 0 radical (unpaired) electrons. The van der Waals surface area contributed by atoms with Gasteiger partial charge in [-0.15, -0.1) is 6.58 Å². The quantitative estimate of drug-likeness (QED) is 0.293. The summed E-state index contributed by atoms with van der Waals surface area (Å²) in [6.45, 7) is 11.0. The van der Waals surface area contributed by atoms with Crippen LogP contribution in [0.15, 0.2) is 60.0 Å². The van der Waals surface area contributed by atoms with Crippen LogP contribution < -0.4 is 15.8 Å². The third kappa shape index (κ3) is 5.04. The van der Waals surface area contributed by atoms with E-state index < -0.39 is 11.8 Å². The fourth-order valence-electron chi connectivity index (χ4n) is 7.95. The number of piperazine rings is 1. The second-order valence-corrected chi connectivity index (χ2v) is 14.0. The van der Waals surface area contributed by atoms with E-state index in [2.05, 4.69) is 38.6 Å². The molecule has 1 aromatic carbocycles. The number of benzene rings is 1. The fourth-order valence-corrected chi connectivity index (χ4v) is 7.95. The number of piperidine rings is 1. The number of halogens is 1. The maximum atomic E-state index is 15.4. The molecule has 2 aliphatic carbocycles. The molecule has 1 spiro atoms. The van der Waals surface area contributed by atoms with E-state index in [4.69, 9.17) is 9.97 Å². The summed E-state index contributed by atoms with van der Waals surface area (Å²) in [6.07, 6.45) is 5.88. The van der Waals surface area contributed by atoms with Gasteiger partial charge in [-0.25, -0.2) is 23.7 Å². The summed E-state index contributed by atoms with van der Waals surface area (Å²) in [7, 11) is 2.12. The molecule has 47 heavy (non-hydrogen) atoms. The zero-order chi connectivity index (χ0) is 32.5. The minimum atomic E-state index is -1.02. The Balaban J connectivity index is 1.03. The van der Waals surface area contributed by atoms with Crippen molar-refractivity contribution in [3.8, 4) is 5.82 Å². The monoisotopic (exact) mass is 639 g/mol. The van der Waals surface area contributed by atoms with Gasteiger partial charge < -0.3 is 20.2 Å². The first kappa shape index (κ1) is 30.2. The van der Waals surface area contributed by atoms with Crippen molar-refractivity contribution in [3.05, 3.63) is 76.9 Å². The molecule has 3 atom stereocenters. The summed E-state index contributed by atoms with van der Waals surface area (Å²) >= 11 is 0. The lowest BCUT2D eigenvalue weighted by Crippen LogP contribution is -2.57. The van der Waals surface area contributed by atoms with Gasteiger partial charge in [-0.05, 0) is 75.5 Å². The van der Waals surface area contributed by atoms with Gasteiger partial charge >= 0.3 is 0 Å². The zero-order valence-corrected chi connectivity index (χ0v) is 27.1. The summed E-state index contributed by atoms with van der Waals surface area (Å²) in [4.78, 5) is 34.4. The molecule has 3 fully saturated rings. The molecule has 4 aromatic rings. The van der Waals surface area contributed by atoms with Gasteiger partial charge in [-0.3, -0.25) is 9.69 Å². The molecule has 2 N–H and O–H groups in total. The number of rotatable bonds is 7. The van der Waals surface area contributed by atoms with Crippen molar-refractivity contribution in [2.75, 3.05) is 56.5 Å². The Bertz CT molecular complexity index is 1890. The number of hydrogen-bond acceptors (Lipinski definition) is 9. The second kappa shape index (κ2) is 11.2. The van der Waals surface area contributed by atoms with Crippen LogP contribution in [0.5, 0.6) is 0 Å². The van der Waals surface area contributed by atoms with Crippen LogP contribution in [-0.2, 0) is 18.6 Å². The minimum Gasteiger partial charge on any atom is -0.383 e. The lowest BCUT2D eigenvalue weighted by atomic mass is 9.88. The normalized spacial score (nSPS) is 25.7. The number of aliphatic hydroxyl groups is 1. The molecule has 3 aromatic heterocycles. The number of anilines is 3. The lowest BCUT2D eigenvalue weighted by Gasteiger charge is -2.44. The van der Waals surface area contributed by atoms with Crippen LogP contribution in [0.1, 0.15) is 37.4 Å². The van der Waals surface area contributed by atoms with Crippen LogP contribution in [0, 0.1) is 5.41 Å². The first-order valence-corrected chi connectivity index (χ1v) is 16.7. The molecule has 246 valence electrons. The van der Waals surface area contributed by atoms with E-state index >= 15 is 4.39 Å². The number of allylic oxidation sites excluding steroid dienone is 1. The molecule has 0 bridgehead atoms. The van der Waals surface area contributed by atoms with Crippen molar-refractivity contribution in [1.82, 2.24) is 34.1 Å². The zero-order valence-electron chi connectivity index (χ0n) is 27.1. The average Bonchev–Trinajstić information content (AvgIpc) is 3.77. The van der Waals surface area contributed by atoms with Gasteiger partial charge in [0.15, 0.2) is 11.5 Å². The number of fused-ring (bicyclic) bond motifs is 2. The maximum absolute atomic E-state index is 15.4. The fraction of sp³-hybridized carbons (Fsp3) is 0.486. The lowest BCUT2D eigenvalue weighted by molar-refractivity contribution is -0.0102. The van der Waals surface area contributed by atoms with Gasteiger partial charge in [0, 0.05) is 61.8 Å². The molecular formula is C35H42FN9O2. The van der Waals surface area contributed by atoms with Gasteiger partial charge in [-0.2, -0.15) is 4.98 Å². The Morgan fingerprint density at radius 2 is 1.85 bits per heavy atom. The van der Waals surface area contributed by atoms with Crippen molar-refractivity contribution < 1.29 is 9.50 Å². The first-order valence-electron chi connectivity index (χ1n) is 16.7. The number of likely N-dealkylation sites (N-methyl/N-ethyl adjacent to an activating group) is 1. The number of alkyl halides is 1. The highest BCUT2D eigenvalue weighted by Crippen LogP contribution is 2.64. The molecule has 4 aliphatic rings. The molecular weight excluding hydrogens is 597 g/mol. The van der Waals surface area contributed by atoms with E-state index in [1.165, 1.54) is 6.20 Å². The number of nitrogens with zero attached hydrogens (tertiary/aromatic N) is 8. The molecule has 5 heterocycles. The largest absolute Gasteiger partial charge is 0.383 e. The van der Waals surface area contributed by atoms with Crippen molar-refractivity contribution in [2.24, 2.45) is 5.41 Å². The third-order valence-corrected chi connectivity index (χ3v) is 11.0. The van der Waals surface area contributed by atoms with Crippen LogP contribution in [0.25, 0.3) is 16.9 Å². The third-order valence-electron chi connectivity index (χ3n) is 11.0. The minimum absolute atomic E-state index is 0.0123. The number of nitrogens with one attached hydrogen (secondary N) is 1. The highest BCUT2D eigenvalue weighted by atomic mass is 19.1. The van der Waals surface area contributed by atoms with E-state index in [1.54, 1.807) is 15.4 Å². The maximum Gasteiger partial charge on any atom is 0.278 e. The van der Waals surface area contributed by atoms with Crippen molar-refractivity contribution >= 4 is 28.4 Å². The van der Waals surface area contributed by atoms with Crippen LogP contribution in [0.3, 0.4) is 0 Å². The Kier molecular flexibility index (Phi) is 7.23. The van der Waals surface area contributed by atoms with Crippen LogP contribution in [-0.4, -0.2) is 97.8 Å². The number of hydrogen-bond donors (Lipinski definition) is 2. The highest BCUT2D eigenvalue weighted by molar-refractivity contribution is 5.77. The van der Waals surface area contributed by atoms with E-state index in [-0.39, 0.29) is 23.6 Å². The summed E-state index contributed by atoms with van der Waals surface area (Å²) in [5.41, 5.74) is 2.48. The first-order chi connectivity index (χ1) is 22.7. The van der Waals surface area contributed by atoms with Gasteiger partial charge in [0.2, 0.25) is 5.95 Å². The SMILES string of the molecule is C=CCn1c(=O)c2cnc(Nc3ccc(N4CCC(N5CCN(C)CC5)C(F)C4)cc3)nc2n1-c1ccc2c(n1)C(C)(O)C1(CC1)C2. The molecule has 0 amide bonds.